The summed E-state index contributed by atoms with van der Waals surface area (Å²) in [5.41, 5.74) is 1.90. The van der Waals surface area contributed by atoms with E-state index in [2.05, 4.69) is 4.99 Å². The second-order valence-corrected chi connectivity index (χ2v) is 7.34. The zero-order valence-corrected chi connectivity index (χ0v) is 16.2. The average Bonchev–Trinajstić information content (AvgIpc) is 3.03. The molecule has 1 aromatic heterocycles. The number of thiazole rings is 1. The van der Waals surface area contributed by atoms with Gasteiger partial charge in [-0.1, -0.05) is 29.5 Å². The van der Waals surface area contributed by atoms with Gasteiger partial charge in [0.05, 0.1) is 17.3 Å². The molecule has 144 valence electrons. The van der Waals surface area contributed by atoms with Crippen LogP contribution in [0.25, 0.3) is 10.2 Å². The number of aryl methyl sites for hydroxylation is 1. The molecule has 3 aromatic rings. The number of amides is 1. The first-order valence-corrected chi connectivity index (χ1v) is 9.50. The molecule has 7 nitrogen and oxygen atoms in total. The molecule has 1 atom stereocenters. The van der Waals surface area contributed by atoms with Crippen molar-refractivity contribution in [3.05, 3.63) is 52.8 Å². The fourth-order valence-electron chi connectivity index (χ4n) is 2.92. The van der Waals surface area contributed by atoms with Crippen LogP contribution >= 0.6 is 11.3 Å². The van der Waals surface area contributed by atoms with Crippen LogP contribution in [0.1, 0.15) is 5.56 Å². The summed E-state index contributed by atoms with van der Waals surface area (Å²) in [4.78, 5) is 29.2. The highest BCUT2D eigenvalue weighted by Gasteiger charge is 2.27. The van der Waals surface area contributed by atoms with Crippen molar-refractivity contribution in [3.63, 3.8) is 0 Å². The van der Waals surface area contributed by atoms with Gasteiger partial charge in [-0.05, 0) is 36.8 Å². The molecule has 0 radical (unpaired) electrons. The van der Waals surface area contributed by atoms with Crippen LogP contribution in [0.3, 0.4) is 0 Å². The quantitative estimate of drug-likeness (QED) is 0.633. The highest BCUT2D eigenvalue weighted by atomic mass is 32.1. The maximum atomic E-state index is 12.7. The lowest BCUT2D eigenvalue weighted by Crippen LogP contribution is -2.37. The number of carbonyl (C=O) groups excluding carboxylic acids is 2. The predicted octanol–water partition coefficient (Wildman–Crippen LogP) is 2.45. The lowest BCUT2D eigenvalue weighted by atomic mass is 10.2. The molecule has 0 fully saturated rings. The molecule has 0 bridgehead atoms. The first-order chi connectivity index (χ1) is 13.5. The van der Waals surface area contributed by atoms with E-state index >= 15 is 0 Å². The van der Waals surface area contributed by atoms with E-state index in [9.17, 15) is 9.59 Å². The number of ether oxygens (including phenoxy) is 3. The van der Waals surface area contributed by atoms with Gasteiger partial charge in [-0.2, -0.15) is 4.99 Å². The number of carbonyl (C=O) groups is 2. The summed E-state index contributed by atoms with van der Waals surface area (Å²) < 4.78 is 18.7. The SMILES string of the molecule is COC(=O)Cn1c(=NC(=O)[C@H]2COc3ccccc3O2)sc2cc(C)ccc21. The van der Waals surface area contributed by atoms with Crippen molar-refractivity contribution in [2.75, 3.05) is 13.7 Å². The van der Waals surface area contributed by atoms with Crippen LogP contribution in [0.5, 0.6) is 11.5 Å². The largest absolute Gasteiger partial charge is 0.485 e. The topological polar surface area (TPSA) is 79.1 Å². The number of para-hydroxylation sites is 2. The van der Waals surface area contributed by atoms with Gasteiger partial charge in [-0.25, -0.2) is 0 Å². The van der Waals surface area contributed by atoms with Gasteiger partial charge in [0.2, 0.25) is 6.10 Å². The molecule has 8 heteroatoms. The van der Waals surface area contributed by atoms with E-state index in [1.165, 1.54) is 18.4 Å². The van der Waals surface area contributed by atoms with Gasteiger partial charge >= 0.3 is 5.97 Å². The van der Waals surface area contributed by atoms with Crippen LogP contribution < -0.4 is 14.3 Å². The Balaban J connectivity index is 1.71. The summed E-state index contributed by atoms with van der Waals surface area (Å²) >= 11 is 1.34. The number of aromatic nitrogens is 1. The van der Waals surface area contributed by atoms with Crippen molar-refractivity contribution < 1.29 is 23.8 Å². The van der Waals surface area contributed by atoms with E-state index < -0.39 is 18.0 Å². The van der Waals surface area contributed by atoms with Gasteiger partial charge in [0.25, 0.3) is 5.91 Å². The molecule has 2 heterocycles. The zero-order chi connectivity index (χ0) is 19.7. The maximum Gasteiger partial charge on any atom is 0.325 e. The number of fused-ring (bicyclic) bond motifs is 2. The van der Waals surface area contributed by atoms with Crippen molar-refractivity contribution in [2.45, 2.75) is 19.6 Å². The van der Waals surface area contributed by atoms with Crippen LogP contribution in [0.2, 0.25) is 0 Å². The molecule has 0 saturated heterocycles. The third-order valence-electron chi connectivity index (χ3n) is 4.34. The standard InChI is InChI=1S/C20H18N2O5S/c1-12-7-8-13-17(9-12)28-20(22(13)10-18(23)25-2)21-19(24)16-11-26-14-5-3-4-6-15(14)27-16/h3-9,16H,10-11H2,1-2H3/t16-/m1/s1. The molecule has 28 heavy (non-hydrogen) atoms. The third-order valence-corrected chi connectivity index (χ3v) is 5.38. The monoisotopic (exact) mass is 398 g/mol. The molecule has 1 aliphatic heterocycles. The van der Waals surface area contributed by atoms with Crippen molar-refractivity contribution in [3.8, 4) is 11.5 Å². The summed E-state index contributed by atoms with van der Waals surface area (Å²) in [5, 5.41) is 0. The fourth-order valence-corrected chi connectivity index (χ4v) is 4.05. The number of hydrogen-bond acceptors (Lipinski definition) is 6. The first-order valence-electron chi connectivity index (χ1n) is 8.69. The Morgan fingerprint density at radius 1 is 1.25 bits per heavy atom. The Morgan fingerprint density at radius 3 is 2.82 bits per heavy atom. The second-order valence-electron chi connectivity index (χ2n) is 6.33. The van der Waals surface area contributed by atoms with Gasteiger partial charge in [0.1, 0.15) is 13.2 Å². The molecule has 2 aromatic carbocycles. The summed E-state index contributed by atoms with van der Waals surface area (Å²) in [7, 11) is 1.33. The van der Waals surface area contributed by atoms with Gasteiger partial charge in [-0.3, -0.25) is 9.59 Å². The Bertz CT molecular complexity index is 1130. The summed E-state index contributed by atoms with van der Waals surface area (Å²) in [6.07, 6.45) is -0.839. The van der Waals surface area contributed by atoms with Crippen molar-refractivity contribution >= 4 is 33.4 Å². The van der Waals surface area contributed by atoms with Crippen molar-refractivity contribution in [2.24, 2.45) is 4.99 Å². The number of rotatable bonds is 3. The highest BCUT2D eigenvalue weighted by Crippen LogP contribution is 2.31. The Labute approximate surface area is 164 Å². The molecule has 0 aliphatic carbocycles. The minimum absolute atomic E-state index is 0.0312. The van der Waals surface area contributed by atoms with Crippen LogP contribution in [0.15, 0.2) is 47.5 Å². The number of esters is 1. The van der Waals surface area contributed by atoms with E-state index in [1.807, 2.05) is 37.3 Å². The molecular weight excluding hydrogens is 380 g/mol. The van der Waals surface area contributed by atoms with E-state index in [4.69, 9.17) is 14.2 Å². The molecule has 0 unspecified atom stereocenters. The van der Waals surface area contributed by atoms with E-state index in [1.54, 1.807) is 16.7 Å². The Morgan fingerprint density at radius 2 is 2.04 bits per heavy atom. The Kier molecular flexibility index (Phi) is 4.87. The third kappa shape index (κ3) is 3.50. The number of nitrogens with zero attached hydrogens (tertiary/aromatic N) is 2. The van der Waals surface area contributed by atoms with E-state index in [0.717, 1.165) is 15.8 Å². The molecule has 0 spiro atoms. The summed E-state index contributed by atoms with van der Waals surface area (Å²) in [5.74, 6) is 0.234. The molecule has 1 aliphatic rings. The molecule has 0 N–H and O–H groups in total. The van der Waals surface area contributed by atoms with Crippen molar-refractivity contribution in [1.82, 2.24) is 4.57 Å². The smallest absolute Gasteiger partial charge is 0.325 e. The van der Waals surface area contributed by atoms with Gasteiger partial charge in [0.15, 0.2) is 16.3 Å². The number of benzene rings is 2. The molecule has 1 amide bonds. The lowest BCUT2D eigenvalue weighted by Gasteiger charge is -2.23. The average molecular weight is 398 g/mol. The van der Waals surface area contributed by atoms with Crippen molar-refractivity contribution in [1.29, 1.82) is 0 Å². The van der Waals surface area contributed by atoms with Crippen LogP contribution in [-0.4, -0.2) is 36.3 Å². The van der Waals surface area contributed by atoms with E-state index in [0.29, 0.717) is 16.3 Å². The van der Waals surface area contributed by atoms with E-state index in [-0.39, 0.29) is 13.2 Å². The molecule has 4 rings (SSSR count). The molecular formula is C20H18N2O5S. The lowest BCUT2D eigenvalue weighted by molar-refractivity contribution is -0.141. The number of hydrogen-bond donors (Lipinski definition) is 0. The second kappa shape index (κ2) is 7.47. The normalized spacial score (nSPS) is 16.2. The minimum atomic E-state index is -0.839. The Hall–Kier alpha value is -3.13. The first kappa shape index (κ1) is 18.2. The summed E-state index contributed by atoms with van der Waals surface area (Å²) in [6, 6.07) is 13.0. The number of methoxy groups -OCH3 is 1. The highest BCUT2D eigenvalue weighted by molar-refractivity contribution is 7.16. The molecule has 0 saturated carbocycles. The van der Waals surface area contributed by atoms with Crippen LogP contribution in [0.4, 0.5) is 0 Å². The fraction of sp³-hybridized carbons (Fsp3) is 0.250. The minimum Gasteiger partial charge on any atom is -0.485 e. The van der Waals surface area contributed by atoms with Gasteiger partial charge in [-0.15, -0.1) is 0 Å². The predicted molar refractivity (Wildman–Crippen MR) is 103 cm³/mol. The zero-order valence-electron chi connectivity index (χ0n) is 15.4. The maximum absolute atomic E-state index is 12.7. The van der Waals surface area contributed by atoms with Gasteiger partial charge < -0.3 is 18.8 Å². The van der Waals surface area contributed by atoms with Crippen LogP contribution in [0, 0.1) is 6.92 Å². The summed E-state index contributed by atoms with van der Waals surface area (Å²) in [6.45, 7) is 2.04. The van der Waals surface area contributed by atoms with Gasteiger partial charge in [0, 0.05) is 0 Å². The van der Waals surface area contributed by atoms with Crippen LogP contribution in [-0.2, 0) is 20.9 Å².